The van der Waals surface area contributed by atoms with Crippen molar-refractivity contribution in [2.45, 2.75) is 0 Å². The molecular formula is C8H8N2O3. The molecule has 0 fully saturated rings. The lowest BCUT2D eigenvalue weighted by Crippen LogP contribution is -2.02. The molecule has 0 aliphatic carbocycles. The van der Waals surface area contributed by atoms with Crippen LogP contribution in [0.25, 0.3) is 0 Å². The Morgan fingerprint density at radius 1 is 1.69 bits per heavy atom. The van der Waals surface area contributed by atoms with E-state index in [-0.39, 0.29) is 5.71 Å². The zero-order valence-electron chi connectivity index (χ0n) is 6.97. The fourth-order valence-corrected chi connectivity index (χ4v) is 0.802. The molecule has 1 N–H and O–H groups in total. The van der Waals surface area contributed by atoms with Crippen molar-refractivity contribution in [2.24, 2.45) is 5.16 Å². The lowest BCUT2D eigenvalue weighted by Gasteiger charge is -1.99. The van der Waals surface area contributed by atoms with E-state index in [1.807, 2.05) is 0 Å². The van der Waals surface area contributed by atoms with Gasteiger partial charge in [0.05, 0.1) is 7.11 Å². The van der Waals surface area contributed by atoms with Crippen LogP contribution in [0.2, 0.25) is 0 Å². The minimum Gasteiger partial charge on any atom is -0.481 e. The van der Waals surface area contributed by atoms with E-state index in [1.54, 1.807) is 12.1 Å². The van der Waals surface area contributed by atoms with E-state index in [9.17, 15) is 4.79 Å². The van der Waals surface area contributed by atoms with Crippen molar-refractivity contribution in [1.82, 2.24) is 4.98 Å². The Labute approximate surface area is 74.7 Å². The van der Waals surface area contributed by atoms with E-state index in [0.717, 1.165) is 0 Å². The third-order valence-electron chi connectivity index (χ3n) is 1.46. The molecule has 13 heavy (non-hydrogen) atoms. The highest BCUT2D eigenvalue weighted by atomic mass is 16.5. The Morgan fingerprint density at radius 2 is 2.46 bits per heavy atom. The number of hydrogen-bond donors (Lipinski definition) is 1. The summed E-state index contributed by atoms with van der Waals surface area (Å²) >= 11 is 0. The van der Waals surface area contributed by atoms with Gasteiger partial charge in [-0.15, -0.1) is 0 Å². The summed E-state index contributed by atoms with van der Waals surface area (Å²) in [6.45, 7) is 0. The molecule has 0 saturated heterocycles. The minimum atomic E-state index is -0.0600. The van der Waals surface area contributed by atoms with Gasteiger partial charge in [-0.1, -0.05) is 5.16 Å². The first-order chi connectivity index (χ1) is 6.31. The number of carbonyl (C=O) groups is 1. The molecular weight excluding hydrogens is 172 g/mol. The summed E-state index contributed by atoms with van der Waals surface area (Å²) in [6, 6.07) is 3.15. The zero-order valence-corrected chi connectivity index (χ0v) is 6.97. The highest BCUT2D eigenvalue weighted by Crippen LogP contribution is 2.06. The molecule has 1 aromatic rings. The fourth-order valence-electron chi connectivity index (χ4n) is 0.802. The van der Waals surface area contributed by atoms with E-state index >= 15 is 0 Å². The molecule has 1 rings (SSSR count). The number of pyridine rings is 1. The van der Waals surface area contributed by atoms with Gasteiger partial charge in [0.1, 0.15) is 0 Å². The summed E-state index contributed by atoms with van der Waals surface area (Å²) in [7, 11) is 1.49. The Hall–Kier alpha value is -1.91. The molecule has 0 amide bonds. The number of aldehydes is 1. The largest absolute Gasteiger partial charge is 0.481 e. The predicted molar refractivity (Wildman–Crippen MR) is 45.2 cm³/mol. The van der Waals surface area contributed by atoms with Crippen molar-refractivity contribution in [3.8, 4) is 5.88 Å². The Morgan fingerprint density at radius 3 is 2.85 bits per heavy atom. The number of aromatic nitrogens is 1. The molecule has 0 radical (unpaired) electrons. The van der Waals surface area contributed by atoms with Crippen molar-refractivity contribution in [1.29, 1.82) is 0 Å². The van der Waals surface area contributed by atoms with E-state index in [0.29, 0.717) is 17.7 Å². The van der Waals surface area contributed by atoms with Crippen LogP contribution in [0.1, 0.15) is 5.56 Å². The molecule has 0 aromatic carbocycles. The van der Waals surface area contributed by atoms with Gasteiger partial charge in [-0.2, -0.15) is 0 Å². The second-order valence-corrected chi connectivity index (χ2v) is 2.19. The maximum absolute atomic E-state index is 10.3. The molecule has 0 spiro atoms. The van der Waals surface area contributed by atoms with Gasteiger partial charge in [0.2, 0.25) is 5.88 Å². The number of rotatable bonds is 3. The number of hydrogen-bond acceptors (Lipinski definition) is 5. The fraction of sp³-hybridized carbons (Fsp3) is 0.125. The average molecular weight is 180 g/mol. The van der Waals surface area contributed by atoms with Crippen LogP contribution < -0.4 is 4.74 Å². The minimum absolute atomic E-state index is 0.0600. The molecule has 0 aliphatic heterocycles. The maximum Gasteiger partial charge on any atom is 0.212 e. The molecule has 0 atom stereocenters. The summed E-state index contributed by atoms with van der Waals surface area (Å²) in [5.41, 5.74) is 0.383. The number of methoxy groups -OCH3 is 1. The van der Waals surface area contributed by atoms with Crippen molar-refractivity contribution in [3.63, 3.8) is 0 Å². The molecule has 5 nitrogen and oxygen atoms in total. The second-order valence-electron chi connectivity index (χ2n) is 2.19. The summed E-state index contributed by atoms with van der Waals surface area (Å²) in [5, 5.41) is 11.2. The topological polar surface area (TPSA) is 71.8 Å². The monoisotopic (exact) mass is 180 g/mol. The van der Waals surface area contributed by atoms with Crippen LogP contribution in [0, 0.1) is 0 Å². The van der Waals surface area contributed by atoms with Crippen LogP contribution in [0.3, 0.4) is 0 Å². The summed E-state index contributed by atoms with van der Waals surface area (Å²) in [5.74, 6) is 0.437. The van der Waals surface area contributed by atoms with Gasteiger partial charge in [0.25, 0.3) is 0 Å². The number of ether oxygens (including phenoxy) is 1. The first-order valence-corrected chi connectivity index (χ1v) is 3.49. The first-order valence-electron chi connectivity index (χ1n) is 3.49. The molecule has 0 bridgehead atoms. The van der Waals surface area contributed by atoms with Crippen molar-refractivity contribution < 1.29 is 14.7 Å². The quantitative estimate of drug-likeness (QED) is 0.317. The average Bonchev–Trinajstić information content (AvgIpc) is 2.21. The Balaban J connectivity index is 2.97. The first kappa shape index (κ1) is 9.18. The van der Waals surface area contributed by atoms with Gasteiger partial charge in [-0.05, 0) is 6.07 Å². The van der Waals surface area contributed by atoms with Crippen LogP contribution in [0.5, 0.6) is 5.88 Å². The summed E-state index contributed by atoms with van der Waals surface area (Å²) < 4.78 is 4.81. The Kier molecular flexibility index (Phi) is 2.97. The molecule has 0 unspecified atom stereocenters. The highest BCUT2D eigenvalue weighted by molar-refractivity contribution is 6.35. The third kappa shape index (κ3) is 2.02. The van der Waals surface area contributed by atoms with Gasteiger partial charge < -0.3 is 9.94 Å². The van der Waals surface area contributed by atoms with E-state index < -0.39 is 0 Å². The zero-order chi connectivity index (χ0) is 9.68. The third-order valence-corrected chi connectivity index (χ3v) is 1.46. The van der Waals surface area contributed by atoms with E-state index in [2.05, 4.69) is 10.1 Å². The van der Waals surface area contributed by atoms with E-state index in [4.69, 9.17) is 9.94 Å². The van der Waals surface area contributed by atoms with Crippen molar-refractivity contribution >= 4 is 12.0 Å². The SMILES string of the molecule is COc1ccc(C(C=O)=NO)cn1. The lowest BCUT2D eigenvalue weighted by atomic mass is 10.2. The van der Waals surface area contributed by atoms with Gasteiger partial charge in [-0.25, -0.2) is 4.98 Å². The molecule has 68 valence electrons. The van der Waals surface area contributed by atoms with Crippen LogP contribution in [0.4, 0.5) is 0 Å². The van der Waals surface area contributed by atoms with Gasteiger partial charge in [-0.3, -0.25) is 4.79 Å². The van der Waals surface area contributed by atoms with Crippen molar-refractivity contribution in [3.05, 3.63) is 23.9 Å². The summed E-state index contributed by atoms with van der Waals surface area (Å²) in [4.78, 5) is 14.2. The maximum atomic E-state index is 10.3. The smallest absolute Gasteiger partial charge is 0.212 e. The molecule has 0 saturated carbocycles. The standard InChI is InChI=1S/C8H8N2O3/c1-13-8-3-2-6(4-9-8)7(5-11)10-12/h2-5,12H,1H3. The van der Waals surface area contributed by atoms with Crippen LogP contribution in [-0.4, -0.2) is 29.3 Å². The van der Waals surface area contributed by atoms with Crippen LogP contribution >= 0.6 is 0 Å². The van der Waals surface area contributed by atoms with Gasteiger partial charge in [0.15, 0.2) is 12.0 Å². The number of nitrogens with zero attached hydrogens (tertiary/aromatic N) is 2. The highest BCUT2D eigenvalue weighted by Gasteiger charge is 2.02. The van der Waals surface area contributed by atoms with Gasteiger partial charge >= 0.3 is 0 Å². The normalized spacial score (nSPS) is 11.0. The van der Waals surface area contributed by atoms with Crippen molar-refractivity contribution in [2.75, 3.05) is 7.11 Å². The lowest BCUT2D eigenvalue weighted by molar-refractivity contribution is -0.102. The predicted octanol–water partition coefficient (Wildman–Crippen LogP) is 0.467. The summed E-state index contributed by atoms with van der Waals surface area (Å²) in [6.07, 6.45) is 1.84. The van der Waals surface area contributed by atoms with Crippen LogP contribution in [0.15, 0.2) is 23.5 Å². The van der Waals surface area contributed by atoms with E-state index in [1.165, 1.54) is 13.3 Å². The van der Waals surface area contributed by atoms with Crippen LogP contribution in [-0.2, 0) is 4.79 Å². The Bertz CT molecular complexity index is 319. The molecule has 5 heteroatoms. The van der Waals surface area contributed by atoms with Gasteiger partial charge in [0, 0.05) is 17.8 Å². The second kappa shape index (κ2) is 4.20. The molecule has 1 heterocycles. The molecule has 1 aromatic heterocycles. The molecule has 0 aliphatic rings. The number of oxime groups is 1. The number of carbonyl (C=O) groups excluding carboxylic acids is 1.